The van der Waals surface area contributed by atoms with Gasteiger partial charge in [0.2, 0.25) is 5.91 Å². The van der Waals surface area contributed by atoms with Crippen LogP contribution in [0.2, 0.25) is 0 Å². The lowest BCUT2D eigenvalue weighted by Gasteiger charge is -2.38. The van der Waals surface area contributed by atoms with E-state index < -0.39 is 23.7 Å². The summed E-state index contributed by atoms with van der Waals surface area (Å²) in [5.41, 5.74) is 1.53. The molecule has 28 heavy (non-hydrogen) atoms. The highest BCUT2D eigenvalue weighted by molar-refractivity contribution is 5.85. The number of rotatable bonds is 6. The van der Waals surface area contributed by atoms with Crippen molar-refractivity contribution in [2.75, 3.05) is 6.61 Å². The minimum Gasteiger partial charge on any atom is -0.494 e. The number of nitrogens with one attached hydrogen (secondary N) is 1. The van der Waals surface area contributed by atoms with Gasteiger partial charge in [-0.1, -0.05) is 31.5 Å². The molecule has 4 nitrogen and oxygen atoms in total. The smallest absolute Gasteiger partial charge is 0.409 e. The summed E-state index contributed by atoms with van der Waals surface area (Å²) in [5, 5.41) is 2.53. The number of hydrogen-bond acceptors (Lipinski definition) is 3. The Balaban J connectivity index is 1.99. The van der Waals surface area contributed by atoms with Gasteiger partial charge in [-0.3, -0.25) is 10.2 Å². The van der Waals surface area contributed by atoms with Gasteiger partial charge < -0.3 is 4.74 Å². The lowest BCUT2D eigenvalue weighted by Crippen LogP contribution is -2.51. The number of amides is 1. The Morgan fingerprint density at radius 1 is 1.18 bits per heavy atom. The molecule has 0 bridgehead atoms. The molecule has 0 spiro atoms. The molecule has 2 aromatic carbocycles. The number of halogens is 3. The largest absolute Gasteiger partial charge is 0.494 e. The van der Waals surface area contributed by atoms with Gasteiger partial charge in [-0.15, -0.1) is 0 Å². The maximum Gasteiger partial charge on any atom is 0.409 e. The van der Waals surface area contributed by atoms with Crippen molar-refractivity contribution in [2.24, 2.45) is 0 Å². The van der Waals surface area contributed by atoms with Crippen LogP contribution in [0.3, 0.4) is 0 Å². The Hall–Kier alpha value is -2.28. The first-order valence-corrected chi connectivity index (χ1v) is 9.44. The highest BCUT2D eigenvalue weighted by atomic mass is 19.4. The molecule has 0 aliphatic carbocycles. The molecule has 0 aromatic heterocycles. The van der Waals surface area contributed by atoms with Crippen LogP contribution in [0.5, 0.6) is 5.75 Å². The van der Waals surface area contributed by atoms with Crippen LogP contribution < -0.4 is 10.2 Å². The van der Waals surface area contributed by atoms with Crippen molar-refractivity contribution in [3.8, 4) is 5.75 Å². The van der Waals surface area contributed by atoms with Crippen molar-refractivity contribution in [1.82, 2.24) is 10.4 Å². The predicted octanol–water partition coefficient (Wildman–Crippen LogP) is 5.14. The summed E-state index contributed by atoms with van der Waals surface area (Å²) < 4.78 is 47.7. The van der Waals surface area contributed by atoms with E-state index >= 15 is 0 Å². The van der Waals surface area contributed by atoms with Gasteiger partial charge in [-0.2, -0.15) is 18.2 Å². The molecule has 1 fully saturated rings. The number of unbranched alkanes of at least 4 members (excludes halogenated alkanes) is 1. The van der Waals surface area contributed by atoms with Crippen molar-refractivity contribution in [1.29, 1.82) is 0 Å². The molecule has 1 heterocycles. The number of hydrazine groups is 1. The van der Waals surface area contributed by atoms with Crippen LogP contribution in [-0.4, -0.2) is 29.2 Å². The van der Waals surface area contributed by atoms with Gasteiger partial charge in [0.15, 0.2) is 6.04 Å². The first kappa shape index (κ1) is 20.5. The van der Waals surface area contributed by atoms with Gasteiger partial charge in [0.05, 0.1) is 6.61 Å². The molecule has 7 heteroatoms. The summed E-state index contributed by atoms with van der Waals surface area (Å²) in [7, 11) is 0. The quantitative estimate of drug-likeness (QED) is 0.690. The van der Waals surface area contributed by atoms with Crippen LogP contribution in [-0.2, 0) is 4.79 Å². The second-order valence-electron chi connectivity index (χ2n) is 7.81. The second-order valence-corrected chi connectivity index (χ2v) is 7.81. The van der Waals surface area contributed by atoms with Crippen molar-refractivity contribution in [2.45, 2.75) is 57.8 Å². The summed E-state index contributed by atoms with van der Waals surface area (Å²) in [6.07, 6.45) is -2.61. The Labute approximate surface area is 162 Å². The second kappa shape index (κ2) is 7.62. The van der Waals surface area contributed by atoms with E-state index in [0.717, 1.165) is 23.2 Å². The monoisotopic (exact) mass is 394 g/mol. The molecule has 1 amide bonds. The molecular weight excluding hydrogens is 369 g/mol. The van der Waals surface area contributed by atoms with Crippen molar-refractivity contribution in [3.05, 3.63) is 42.0 Å². The lowest BCUT2D eigenvalue weighted by molar-refractivity contribution is -0.203. The van der Waals surface area contributed by atoms with E-state index in [9.17, 15) is 18.0 Å². The third-order valence-electron chi connectivity index (χ3n) is 4.98. The topological polar surface area (TPSA) is 41.6 Å². The molecule has 0 radical (unpaired) electrons. The summed E-state index contributed by atoms with van der Waals surface area (Å²) in [5.74, 6) is 0.225. The average molecular weight is 394 g/mol. The highest BCUT2D eigenvalue weighted by Gasteiger charge is 2.52. The fraction of sp³-hybridized carbons (Fsp3) is 0.476. The zero-order chi connectivity index (χ0) is 20.5. The highest BCUT2D eigenvalue weighted by Crippen LogP contribution is 2.43. The van der Waals surface area contributed by atoms with Crippen molar-refractivity contribution < 1.29 is 22.7 Å². The van der Waals surface area contributed by atoms with E-state index in [1.165, 1.54) is 12.1 Å². The number of carbonyl (C=O) groups is 1. The molecule has 1 unspecified atom stereocenters. The van der Waals surface area contributed by atoms with E-state index in [-0.39, 0.29) is 12.0 Å². The molecule has 152 valence electrons. The normalized spacial score (nSPS) is 18.3. The summed E-state index contributed by atoms with van der Waals surface area (Å²) in [6.45, 7) is 5.89. The standard InChI is InChI=1S/C21H25F3N2O2/c1-4-5-10-28-17-9-8-14-6-7-15(11-16(14)12-17)19(21(22,23)24)26-20(2,3)13-18(27)25-26/h6-9,11-12,19H,4-5,10,13H2,1-3H3,(H,25,27). The van der Waals surface area contributed by atoms with Crippen LogP contribution in [0.4, 0.5) is 13.2 Å². The van der Waals surface area contributed by atoms with Gasteiger partial charge in [-0.25, -0.2) is 0 Å². The molecule has 1 saturated heterocycles. The molecule has 1 N–H and O–H groups in total. The first-order valence-electron chi connectivity index (χ1n) is 9.44. The maximum absolute atomic E-state index is 14.0. The Morgan fingerprint density at radius 3 is 2.50 bits per heavy atom. The van der Waals surface area contributed by atoms with E-state index in [1.807, 2.05) is 12.1 Å². The summed E-state index contributed by atoms with van der Waals surface area (Å²) >= 11 is 0. The Morgan fingerprint density at radius 2 is 1.89 bits per heavy atom. The van der Waals surface area contributed by atoms with Crippen molar-refractivity contribution in [3.63, 3.8) is 0 Å². The predicted molar refractivity (Wildman–Crippen MR) is 102 cm³/mol. The number of alkyl halides is 3. The zero-order valence-corrected chi connectivity index (χ0v) is 16.3. The fourth-order valence-electron chi connectivity index (χ4n) is 3.54. The molecule has 1 aliphatic rings. The lowest BCUT2D eigenvalue weighted by atomic mass is 9.95. The first-order chi connectivity index (χ1) is 13.1. The van der Waals surface area contributed by atoms with E-state index in [0.29, 0.717) is 17.7 Å². The van der Waals surface area contributed by atoms with Gasteiger partial charge >= 0.3 is 6.18 Å². The minimum atomic E-state index is -4.54. The van der Waals surface area contributed by atoms with Crippen LogP contribution in [0.1, 0.15) is 51.6 Å². The van der Waals surface area contributed by atoms with Crippen LogP contribution in [0.15, 0.2) is 36.4 Å². The number of benzene rings is 2. The molecule has 1 atom stereocenters. The Kier molecular flexibility index (Phi) is 5.57. The van der Waals surface area contributed by atoms with E-state index in [4.69, 9.17) is 4.74 Å². The summed E-state index contributed by atoms with van der Waals surface area (Å²) in [6, 6.07) is 8.16. The fourth-order valence-corrected chi connectivity index (χ4v) is 3.54. The zero-order valence-electron chi connectivity index (χ0n) is 16.3. The Bertz CT molecular complexity index is 864. The molecule has 0 saturated carbocycles. The number of ether oxygens (including phenoxy) is 1. The molecular formula is C21H25F3N2O2. The van der Waals surface area contributed by atoms with Gasteiger partial charge in [0, 0.05) is 12.0 Å². The average Bonchev–Trinajstić information content (AvgIpc) is 2.86. The third-order valence-corrected chi connectivity index (χ3v) is 4.98. The van der Waals surface area contributed by atoms with Crippen molar-refractivity contribution >= 4 is 16.7 Å². The van der Waals surface area contributed by atoms with Gasteiger partial charge in [-0.05, 0) is 54.8 Å². The van der Waals surface area contributed by atoms with Gasteiger partial charge in [0.1, 0.15) is 5.75 Å². The maximum atomic E-state index is 14.0. The minimum absolute atomic E-state index is 0.0164. The molecule has 1 aliphatic heterocycles. The van der Waals surface area contributed by atoms with Gasteiger partial charge in [0.25, 0.3) is 0 Å². The SMILES string of the molecule is CCCCOc1ccc2ccc(C(N3NC(=O)CC3(C)C)C(F)(F)F)cc2c1. The number of hydrogen-bond donors (Lipinski definition) is 1. The molecule has 3 rings (SSSR count). The summed E-state index contributed by atoms with van der Waals surface area (Å²) in [4.78, 5) is 11.8. The number of nitrogens with zero attached hydrogens (tertiary/aromatic N) is 1. The number of carbonyl (C=O) groups excluding carboxylic acids is 1. The van der Waals surface area contributed by atoms with Crippen LogP contribution in [0, 0.1) is 0 Å². The third kappa shape index (κ3) is 4.24. The molecule has 2 aromatic rings. The van der Waals surface area contributed by atoms with Crippen LogP contribution in [0.25, 0.3) is 10.8 Å². The number of fused-ring (bicyclic) bond motifs is 1. The van der Waals surface area contributed by atoms with E-state index in [2.05, 4.69) is 12.3 Å². The van der Waals surface area contributed by atoms with E-state index in [1.54, 1.807) is 26.0 Å². The van der Waals surface area contributed by atoms with Crippen LogP contribution >= 0.6 is 0 Å².